The normalized spacial score (nSPS) is 12.9. The molecule has 1 unspecified atom stereocenters. The third kappa shape index (κ3) is 3.61. The Morgan fingerprint density at radius 2 is 2.19 bits per heavy atom. The molecule has 0 aliphatic heterocycles. The summed E-state index contributed by atoms with van der Waals surface area (Å²) in [5, 5.41) is 15.4. The lowest BCUT2D eigenvalue weighted by molar-refractivity contribution is 0.200. The second-order valence-corrected chi connectivity index (χ2v) is 5.62. The largest absolute Gasteiger partial charge is 0.380 e. The molecule has 0 fully saturated rings. The molecule has 6 heteroatoms. The quantitative estimate of drug-likeness (QED) is 0.888. The molecular formula is C15H21ClN4O. The molecule has 2 heterocycles. The smallest absolute Gasteiger partial charge is 0.139 e. The molecule has 0 saturated heterocycles. The average molecular weight is 309 g/mol. The molecule has 1 N–H and O–H groups in total. The van der Waals surface area contributed by atoms with E-state index >= 15 is 0 Å². The predicted molar refractivity (Wildman–Crippen MR) is 83.5 cm³/mol. The van der Waals surface area contributed by atoms with Crippen LogP contribution in [0, 0.1) is 0 Å². The first-order chi connectivity index (χ1) is 10.0. The van der Waals surface area contributed by atoms with Crippen molar-refractivity contribution in [3.8, 4) is 0 Å². The third-order valence-electron chi connectivity index (χ3n) is 3.42. The van der Waals surface area contributed by atoms with Gasteiger partial charge in [-0.15, -0.1) is 0 Å². The van der Waals surface area contributed by atoms with Crippen LogP contribution in [0.25, 0.3) is 0 Å². The van der Waals surface area contributed by atoms with E-state index in [2.05, 4.69) is 15.0 Å². The SMILES string of the molecule is CCc1cccnc1C(O)c1c(Cl)cnn1CCN(C)C. The molecule has 0 bridgehead atoms. The number of rotatable bonds is 6. The Balaban J connectivity index is 2.34. The zero-order chi connectivity index (χ0) is 15.4. The van der Waals surface area contributed by atoms with Crippen LogP contribution < -0.4 is 0 Å². The Bertz CT molecular complexity index is 597. The molecule has 0 aliphatic rings. The zero-order valence-corrected chi connectivity index (χ0v) is 13.4. The van der Waals surface area contributed by atoms with Gasteiger partial charge in [0.05, 0.1) is 29.2 Å². The molecule has 0 amide bonds. The number of hydrogen-bond donors (Lipinski definition) is 1. The number of aryl methyl sites for hydroxylation is 1. The van der Waals surface area contributed by atoms with Gasteiger partial charge in [0, 0.05) is 12.7 Å². The zero-order valence-electron chi connectivity index (χ0n) is 12.6. The van der Waals surface area contributed by atoms with Gasteiger partial charge >= 0.3 is 0 Å². The molecule has 0 aromatic carbocycles. The molecule has 0 spiro atoms. The maximum absolute atomic E-state index is 10.7. The minimum absolute atomic E-state index is 0.467. The van der Waals surface area contributed by atoms with Crippen molar-refractivity contribution >= 4 is 11.6 Å². The summed E-state index contributed by atoms with van der Waals surface area (Å²) in [7, 11) is 3.99. The summed E-state index contributed by atoms with van der Waals surface area (Å²) in [4.78, 5) is 6.38. The Morgan fingerprint density at radius 1 is 1.43 bits per heavy atom. The van der Waals surface area contributed by atoms with Crippen LogP contribution in [0.5, 0.6) is 0 Å². The van der Waals surface area contributed by atoms with Crippen molar-refractivity contribution in [3.63, 3.8) is 0 Å². The van der Waals surface area contributed by atoms with E-state index in [0.717, 1.165) is 18.5 Å². The minimum atomic E-state index is -0.863. The van der Waals surface area contributed by atoms with Gasteiger partial charge in [0.25, 0.3) is 0 Å². The van der Waals surface area contributed by atoms with Gasteiger partial charge in [-0.1, -0.05) is 24.6 Å². The van der Waals surface area contributed by atoms with Gasteiger partial charge in [-0.3, -0.25) is 9.67 Å². The van der Waals surface area contributed by atoms with Crippen LogP contribution in [0.15, 0.2) is 24.5 Å². The predicted octanol–water partition coefficient (Wildman–Crippen LogP) is 2.14. The standard InChI is InChI=1S/C15H21ClN4O/c1-4-11-6-5-7-17-13(11)15(21)14-12(16)10-18-20(14)9-8-19(2)3/h5-7,10,15,21H,4,8-9H2,1-3H3. The van der Waals surface area contributed by atoms with E-state index < -0.39 is 6.10 Å². The van der Waals surface area contributed by atoms with Gasteiger partial charge in [0.1, 0.15) is 6.10 Å². The lowest BCUT2D eigenvalue weighted by Gasteiger charge is -2.17. The molecule has 1 atom stereocenters. The molecule has 21 heavy (non-hydrogen) atoms. The number of aliphatic hydroxyl groups is 1. The first-order valence-electron chi connectivity index (χ1n) is 7.02. The summed E-state index contributed by atoms with van der Waals surface area (Å²) in [6.07, 6.45) is 3.21. The van der Waals surface area contributed by atoms with Crippen LogP contribution in [-0.4, -0.2) is 45.4 Å². The number of aliphatic hydroxyl groups excluding tert-OH is 1. The average Bonchev–Trinajstić information content (AvgIpc) is 2.85. The molecule has 0 saturated carbocycles. The van der Waals surface area contributed by atoms with E-state index in [4.69, 9.17) is 11.6 Å². The van der Waals surface area contributed by atoms with Gasteiger partial charge in [-0.25, -0.2) is 0 Å². The fourth-order valence-corrected chi connectivity index (χ4v) is 2.49. The van der Waals surface area contributed by atoms with Crippen LogP contribution in [0.2, 0.25) is 5.02 Å². The molecular weight excluding hydrogens is 288 g/mol. The Kier molecular flexibility index (Phi) is 5.33. The van der Waals surface area contributed by atoms with Crippen LogP contribution in [0.3, 0.4) is 0 Å². The molecule has 0 aliphatic carbocycles. The summed E-state index contributed by atoms with van der Waals surface area (Å²) in [6, 6.07) is 3.85. The van der Waals surface area contributed by atoms with E-state index in [0.29, 0.717) is 23.0 Å². The van der Waals surface area contributed by atoms with Gasteiger partial charge in [-0.05, 0) is 32.1 Å². The number of aromatic nitrogens is 3. The fraction of sp³-hybridized carbons (Fsp3) is 0.467. The second-order valence-electron chi connectivity index (χ2n) is 5.21. The summed E-state index contributed by atoms with van der Waals surface area (Å²) >= 11 is 6.22. The van der Waals surface area contributed by atoms with Gasteiger partial charge < -0.3 is 10.0 Å². The first kappa shape index (κ1) is 15.9. The summed E-state index contributed by atoms with van der Waals surface area (Å²) in [5.74, 6) is 0. The van der Waals surface area contributed by atoms with Crippen LogP contribution in [0.4, 0.5) is 0 Å². The van der Waals surface area contributed by atoms with Crippen LogP contribution >= 0.6 is 11.6 Å². The lowest BCUT2D eigenvalue weighted by Crippen LogP contribution is -2.21. The van der Waals surface area contributed by atoms with Crippen molar-refractivity contribution < 1.29 is 5.11 Å². The lowest BCUT2D eigenvalue weighted by atomic mass is 10.0. The van der Waals surface area contributed by atoms with Gasteiger partial charge in [0.2, 0.25) is 0 Å². The van der Waals surface area contributed by atoms with Crippen molar-refractivity contribution in [1.82, 2.24) is 19.7 Å². The Morgan fingerprint density at radius 3 is 2.86 bits per heavy atom. The minimum Gasteiger partial charge on any atom is -0.380 e. The van der Waals surface area contributed by atoms with Gasteiger partial charge in [0.15, 0.2) is 0 Å². The molecule has 114 valence electrons. The molecule has 5 nitrogen and oxygen atoms in total. The monoisotopic (exact) mass is 308 g/mol. The summed E-state index contributed by atoms with van der Waals surface area (Å²) in [5.41, 5.74) is 2.27. The van der Waals surface area contributed by atoms with E-state index in [9.17, 15) is 5.11 Å². The van der Waals surface area contributed by atoms with Crippen molar-refractivity contribution in [1.29, 1.82) is 0 Å². The maximum atomic E-state index is 10.7. The first-order valence-corrected chi connectivity index (χ1v) is 7.40. The third-order valence-corrected chi connectivity index (χ3v) is 3.71. The molecule has 2 aromatic rings. The van der Waals surface area contributed by atoms with E-state index in [1.807, 2.05) is 33.2 Å². The van der Waals surface area contributed by atoms with E-state index in [1.54, 1.807) is 17.1 Å². The van der Waals surface area contributed by atoms with Crippen molar-refractivity contribution in [2.45, 2.75) is 26.0 Å². The number of nitrogens with zero attached hydrogens (tertiary/aromatic N) is 4. The van der Waals surface area contributed by atoms with E-state index in [1.165, 1.54) is 0 Å². The summed E-state index contributed by atoms with van der Waals surface area (Å²) in [6.45, 7) is 3.53. The van der Waals surface area contributed by atoms with Crippen molar-refractivity contribution in [3.05, 3.63) is 46.5 Å². The highest BCUT2D eigenvalue weighted by molar-refractivity contribution is 6.31. The van der Waals surface area contributed by atoms with E-state index in [-0.39, 0.29) is 0 Å². The Labute approximate surface area is 130 Å². The molecule has 2 rings (SSSR count). The highest BCUT2D eigenvalue weighted by atomic mass is 35.5. The topological polar surface area (TPSA) is 54.2 Å². The second kappa shape index (κ2) is 7.02. The fourth-order valence-electron chi connectivity index (χ4n) is 2.24. The highest BCUT2D eigenvalue weighted by Crippen LogP contribution is 2.29. The van der Waals surface area contributed by atoms with Crippen molar-refractivity contribution in [2.75, 3.05) is 20.6 Å². The number of pyridine rings is 1. The van der Waals surface area contributed by atoms with Crippen LogP contribution in [-0.2, 0) is 13.0 Å². The Hall–Kier alpha value is -1.43. The molecule has 0 radical (unpaired) electrons. The highest BCUT2D eigenvalue weighted by Gasteiger charge is 2.22. The maximum Gasteiger partial charge on any atom is 0.139 e. The van der Waals surface area contributed by atoms with Gasteiger partial charge in [-0.2, -0.15) is 5.10 Å². The number of hydrogen-bond acceptors (Lipinski definition) is 4. The molecule has 2 aromatic heterocycles. The van der Waals surface area contributed by atoms with Crippen molar-refractivity contribution in [2.24, 2.45) is 0 Å². The number of halogens is 1. The van der Waals surface area contributed by atoms with Crippen LogP contribution in [0.1, 0.15) is 30.0 Å². The summed E-state index contributed by atoms with van der Waals surface area (Å²) < 4.78 is 1.75. The number of likely N-dealkylation sites (N-methyl/N-ethyl adjacent to an activating group) is 1.